The Morgan fingerprint density at radius 1 is 0.958 bits per heavy atom. The van der Waals surface area contributed by atoms with Crippen LogP contribution in [0.3, 0.4) is 0 Å². The van der Waals surface area contributed by atoms with E-state index in [1.807, 2.05) is 27.7 Å². The minimum Gasteiger partial charge on any atom is -0.493 e. The first kappa shape index (κ1) is 18.6. The molecular weight excluding hydrogens is 314 g/mol. The predicted molar refractivity (Wildman–Crippen MR) is 91.3 cm³/mol. The van der Waals surface area contributed by atoms with Gasteiger partial charge < -0.3 is 23.5 Å². The van der Waals surface area contributed by atoms with E-state index in [-0.39, 0.29) is 0 Å². The first-order valence-electron chi connectivity index (χ1n) is 7.68. The highest BCUT2D eigenvalue weighted by Gasteiger charge is 2.53. The SMILES string of the molecule is COc1cc(C=C(F)B2OC(C)(C)C(C)(C)O2)cc(OC)c1OC. The lowest BCUT2D eigenvalue weighted by Gasteiger charge is -2.32. The quantitative estimate of drug-likeness (QED) is 0.767. The minimum absolute atomic E-state index is 0.449. The number of ether oxygens (including phenoxy) is 3. The molecule has 2 rings (SSSR count). The number of rotatable bonds is 5. The average molecular weight is 338 g/mol. The summed E-state index contributed by atoms with van der Waals surface area (Å²) in [5, 5.41) is 0. The van der Waals surface area contributed by atoms with E-state index in [4.69, 9.17) is 23.5 Å². The van der Waals surface area contributed by atoms with Gasteiger partial charge in [-0.15, -0.1) is 0 Å². The Morgan fingerprint density at radius 2 is 1.42 bits per heavy atom. The summed E-state index contributed by atoms with van der Waals surface area (Å²) in [6, 6.07) is 3.32. The molecule has 1 aliphatic rings. The molecule has 0 saturated carbocycles. The number of methoxy groups -OCH3 is 3. The van der Waals surface area contributed by atoms with Crippen LogP contribution in [0.4, 0.5) is 4.39 Å². The highest BCUT2D eigenvalue weighted by atomic mass is 19.1. The lowest BCUT2D eigenvalue weighted by Crippen LogP contribution is -2.41. The van der Waals surface area contributed by atoms with Crippen molar-refractivity contribution in [1.29, 1.82) is 0 Å². The zero-order chi connectivity index (χ0) is 18.1. The van der Waals surface area contributed by atoms with Gasteiger partial charge in [-0.05, 0) is 51.5 Å². The smallest absolute Gasteiger partial charge is 0.493 e. The van der Waals surface area contributed by atoms with Crippen molar-refractivity contribution in [2.45, 2.75) is 38.9 Å². The summed E-state index contributed by atoms with van der Waals surface area (Å²) in [5.74, 6) is 1.35. The van der Waals surface area contributed by atoms with E-state index in [1.54, 1.807) is 12.1 Å². The second kappa shape index (κ2) is 6.65. The van der Waals surface area contributed by atoms with Gasteiger partial charge in [0.2, 0.25) is 5.75 Å². The van der Waals surface area contributed by atoms with Gasteiger partial charge in [0.05, 0.1) is 32.5 Å². The summed E-state index contributed by atoms with van der Waals surface area (Å²) in [5.41, 5.74) is -1.17. The molecule has 0 aromatic heterocycles. The minimum atomic E-state index is -1.05. The van der Waals surface area contributed by atoms with Crippen molar-refractivity contribution >= 4 is 13.2 Å². The van der Waals surface area contributed by atoms with E-state index in [2.05, 4.69) is 0 Å². The Morgan fingerprint density at radius 3 is 1.79 bits per heavy atom. The Hall–Kier alpha value is -1.73. The fraction of sp³-hybridized carbons (Fsp3) is 0.529. The number of halogens is 1. The van der Waals surface area contributed by atoms with Gasteiger partial charge in [-0.2, -0.15) is 0 Å². The van der Waals surface area contributed by atoms with Crippen molar-refractivity contribution in [2.24, 2.45) is 0 Å². The van der Waals surface area contributed by atoms with Gasteiger partial charge in [0.15, 0.2) is 11.5 Å². The van der Waals surface area contributed by atoms with Crippen molar-refractivity contribution < 1.29 is 27.9 Å². The molecule has 1 heterocycles. The monoisotopic (exact) mass is 338 g/mol. The van der Waals surface area contributed by atoms with E-state index in [9.17, 15) is 4.39 Å². The molecule has 0 N–H and O–H groups in total. The third-order valence-electron chi connectivity index (χ3n) is 4.47. The molecule has 0 spiro atoms. The molecular formula is C17H24BFO5. The van der Waals surface area contributed by atoms with E-state index in [0.717, 1.165) is 0 Å². The standard InChI is InChI=1S/C17H24BFO5/c1-16(2)17(3,4)24-18(23-16)14(19)10-11-8-12(20-5)15(22-7)13(9-11)21-6/h8-10H,1-7H3. The first-order valence-corrected chi connectivity index (χ1v) is 7.68. The number of hydrogen-bond acceptors (Lipinski definition) is 5. The fourth-order valence-electron chi connectivity index (χ4n) is 2.37. The maximum absolute atomic E-state index is 14.6. The van der Waals surface area contributed by atoms with Gasteiger partial charge in [0, 0.05) is 0 Å². The van der Waals surface area contributed by atoms with E-state index < -0.39 is 24.0 Å². The maximum Gasteiger partial charge on any atom is 0.525 e. The van der Waals surface area contributed by atoms with Gasteiger partial charge in [-0.25, -0.2) is 4.39 Å². The topological polar surface area (TPSA) is 46.2 Å². The van der Waals surface area contributed by atoms with E-state index >= 15 is 0 Å². The molecule has 1 aromatic rings. The van der Waals surface area contributed by atoms with Gasteiger partial charge in [-0.1, -0.05) is 0 Å². The molecule has 1 saturated heterocycles. The van der Waals surface area contributed by atoms with Crippen LogP contribution in [0.2, 0.25) is 0 Å². The lowest BCUT2D eigenvalue weighted by atomic mass is 9.87. The van der Waals surface area contributed by atoms with Crippen molar-refractivity contribution in [3.8, 4) is 17.2 Å². The number of benzene rings is 1. The van der Waals surface area contributed by atoms with Crippen LogP contribution in [-0.2, 0) is 9.31 Å². The molecule has 0 bridgehead atoms. The van der Waals surface area contributed by atoms with Crippen LogP contribution in [0.5, 0.6) is 17.2 Å². The summed E-state index contributed by atoms with van der Waals surface area (Å²) in [6.07, 6.45) is 1.34. The second-order valence-electron chi connectivity index (χ2n) is 6.58. The summed E-state index contributed by atoms with van der Waals surface area (Å²) < 4.78 is 41.8. The zero-order valence-electron chi connectivity index (χ0n) is 15.2. The van der Waals surface area contributed by atoms with Crippen molar-refractivity contribution in [3.05, 3.63) is 23.4 Å². The highest BCUT2D eigenvalue weighted by Crippen LogP contribution is 2.41. The lowest BCUT2D eigenvalue weighted by molar-refractivity contribution is 0.00578. The van der Waals surface area contributed by atoms with Crippen LogP contribution in [-0.4, -0.2) is 39.6 Å². The van der Waals surface area contributed by atoms with E-state index in [0.29, 0.717) is 22.8 Å². The van der Waals surface area contributed by atoms with Crippen molar-refractivity contribution in [3.63, 3.8) is 0 Å². The average Bonchev–Trinajstić information content (AvgIpc) is 2.74. The van der Waals surface area contributed by atoms with Crippen LogP contribution in [0, 0.1) is 0 Å². The molecule has 1 aromatic carbocycles. The van der Waals surface area contributed by atoms with Gasteiger partial charge in [0.1, 0.15) is 5.73 Å². The van der Waals surface area contributed by atoms with E-state index in [1.165, 1.54) is 27.4 Å². The molecule has 7 heteroatoms. The largest absolute Gasteiger partial charge is 0.525 e. The Bertz CT molecular complexity index is 601. The molecule has 0 unspecified atom stereocenters. The van der Waals surface area contributed by atoms with Gasteiger partial charge in [0.25, 0.3) is 0 Å². The normalized spacial score (nSPS) is 19.3. The molecule has 5 nitrogen and oxygen atoms in total. The summed E-state index contributed by atoms with van der Waals surface area (Å²) in [4.78, 5) is 0. The molecule has 0 aliphatic carbocycles. The van der Waals surface area contributed by atoms with Crippen LogP contribution in [0.1, 0.15) is 33.3 Å². The predicted octanol–water partition coefficient (Wildman–Crippen LogP) is 3.65. The van der Waals surface area contributed by atoms with Gasteiger partial charge in [-0.3, -0.25) is 0 Å². The fourth-order valence-corrected chi connectivity index (χ4v) is 2.37. The summed E-state index contributed by atoms with van der Waals surface area (Å²) in [6.45, 7) is 7.50. The number of hydrogen-bond donors (Lipinski definition) is 0. The maximum atomic E-state index is 14.6. The molecule has 24 heavy (non-hydrogen) atoms. The summed E-state index contributed by atoms with van der Waals surface area (Å²) in [7, 11) is 3.49. The molecule has 1 fully saturated rings. The van der Waals surface area contributed by atoms with Gasteiger partial charge >= 0.3 is 7.12 Å². The van der Waals surface area contributed by atoms with Crippen LogP contribution in [0.25, 0.3) is 6.08 Å². The molecule has 0 atom stereocenters. The Balaban J connectivity index is 2.34. The second-order valence-corrected chi connectivity index (χ2v) is 6.58. The summed E-state index contributed by atoms with van der Waals surface area (Å²) >= 11 is 0. The Kier molecular flexibility index (Phi) is 5.15. The molecule has 0 amide bonds. The van der Waals surface area contributed by atoms with Crippen LogP contribution in [0.15, 0.2) is 17.9 Å². The molecule has 132 valence electrons. The zero-order valence-corrected chi connectivity index (χ0v) is 15.2. The van der Waals surface area contributed by atoms with Crippen molar-refractivity contribution in [2.75, 3.05) is 21.3 Å². The third kappa shape index (κ3) is 3.37. The molecule has 0 radical (unpaired) electrons. The highest BCUT2D eigenvalue weighted by molar-refractivity contribution is 6.54. The first-order chi connectivity index (χ1) is 11.1. The van der Waals surface area contributed by atoms with Crippen LogP contribution >= 0.6 is 0 Å². The molecule has 1 aliphatic heterocycles. The van der Waals surface area contributed by atoms with Crippen molar-refractivity contribution in [1.82, 2.24) is 0 Å². The Labute approximate surface area is 142 Å². The van der Waals surface area contributed by atoms with Crippen LogP contribution < -0.4 is 14.2 Å². The third-order valence-corrected chi connectivity index (χ3v) is 4.47.